The molecule has 0 spiro atoms. The molecule has 0 saturated heterocycles. The van der Waals surface area contributed by atoms with Gasteiger partial charge in [0.05, 0.1) is 0 Å². The van der Waals surface area contributed by atoms with Crippen LogP contribution >= 0.6 is 0 Å². The molecule has 0 aromatic rings. The maximum Gasteiger partial charge on any atom is 0.343 e. The molecule has 0 aliphatic carbocycles. The van der Waals surface area contributed by atoms with E-state index in [2.05, 4.69) is 48.1 Å². The minimum absolute atomic E-state index is 0.516. The zero-order valence-corrected chi connectivity index (χ0v) is 18.8. The first-order chi connectivity index (χ1) is 10.1. The van der Waals surface area contributed by atoms with Crippen LogP contribution in [0.4, 0.5) is 0 Å². The Labute approximate surface area is 141 Å². The first-order valence-corrected chi connectivity index (χ1v) is 12.7. The van der Waals surface area contributed by atoms with Gasteiger partial charge < -0.3 is 17.7 Å². The molecule has 0 heterocycles. The van der Waals surface area contributed by atoms with Crippen molar-refractivity contribution in [3.63, 3.8) is 0 Å². The van der Waals surface area contributed by atoms with E-state index in [0.717, 1.165) is 12.8 Å². The van der Waals surface area contributed by atoms with Crippen molar-refractivity contribution >= 4 is 17.1 Å². The number of hydrogen-bond acceptors (Lipinski definition) is 4. The summed E-state index contributed by atoms with van der Waals surface area (Å²) in [6, 6.07) is 0. The van der Waals surface area contributed by atoms with Crippen LogP contribution in [0.25, 0.3) is 0 Å². The van der Waals surface area contributed by atoms with Crippen LogP contribution in [0, 0.1) is 0 Å². The van der Waals surface area contributed by atoms with E-state index < -0.39 is 17.1 Å². The molecule has 0 aliphatic rings. The van der Waals surface area contributed by atoms with Crippen LogP contribution in [0.2, 0.25) is 23.2 Å². The van der Waals surface area contributed by atoms with Gasteiger partial charge in [-0.2, -0.15) is 0 Å². The lowest BCUT2D eigenvalue weighted by Gasteiger charge is -2.35. The Morgan fingerprint density at radius 1 is 0.682 bits per heavy atom. The first-order valence-electron chi connectivity index (χ1n) is 8.36. The van der Waals surface area contributed by atoms with Crippen molar-refractivity contribution < 1.29 is 17.7 Å². The van der Waals surface area contributed by atoms with Gasteiger partial charge in [-0.05, 0) is 23.2 Å². The largest absolute Gasteiger partial charge is 0.398 e. The quantitative estimate of drug-likeness (QED) is 0.542. The molecular formula is C16H40O4Si2. The van der Waals surface area contributed by atoms with Gasteiger partial charge in [0.25, 0.3) is 0 Å². The van der Waals surface area contributed by atoms with Crippen molar-refractivity contribution in [2.45, 2.75) is 77.6 Å². The van der Waals surface area contributed by atoms with Gasteiger partial charge in [0, 0.05) is 28.4 Å². The van der Waals surface area contributed by atoms with Gasteiger partial charge in [0.2, 0.25) is 0 Å². The highest BCUT2D eigenvalue weighted by atomic mass is 28.4. The highest BCUT2D eigenvalue weighted by Gasteiger charge is 2.44. The predicted octanol–water partition coefficient (Wildman–Crippen LogP) is 5.08. The van der Waals surface area contributed by atoms with Crippen molar-refractivity contribution in [1.29, 1.82) is 0 Å². The summed E-state index contributed by atoms with van der Waals surface area (Å²) in [5.74, 6) is 0. The fourth-order valence-electron chi connectivity index (χ4n) is 2.67. The third-order valence-corrected chi connectivity index (χ3v) is 13.5. The molecule has 2 unspecified atom stereocenters. The average Bonchev–Trinajstić information content (AvgIpc) is 2.54. The molecule has 0 aromatic carbocycles. The molecule has 0 saturated carbocycles. The Balaban J connectivity index is 0. The molecule has 6 heteroatoms. The average molecular weight is 353 g/mol. The Morgan fingerprint density at radius 3 is 1.14 bits per heavy atom. The second-order valence-electron chi connectivity index (χ2n) is 6.33. The van der Waals surface area contributed by atoms with Crippen LogP contribution in [0.1, 0.15) is 54.4 Å². The van der Waals surface area contributed by atoms with E-state index in [9.17, 15) is 0 Å². The van der Waals surface area contributed by atoms with Gasteiger partial charge in [-0.1, -0.05) is 54.4 Å². The molecule has 0 bridgehead atoms. The summed E-state index contributed by atoms with van der Waals surface area (Å²) in [5.41, 5.74) is 1.65. The third-order valence-electron chi connectivity index (χ3n) is 5.06. The predicted molar refractivity (Wildman–Crippen MR) is 99.9 cm³/mol. The van der Waals surface area contributed by atoms with Crippen molar-refractivity contribution in [3.8, 4) is 0 Å². The second-order valence-corrected chi connectivity index (χ2v) is 14.6. The van der Waals surface area contributed by atoms with Crippen molar-refractivity contribution in [3.05, 3.63) is 0 Å². The molecule has 0 aromatic heterocycles. The zero-order chi connectivity index (χ0) is 18.0. The third kappa shape index (κ3) is 6.41. The normalized spacial score (nSPS) is 15.3. The topological polar surface area (TPSA) is 36.9 Å². The van der Waals surface area contributed by atoms with Crippen molar-refractivity contribution in [2.75, 3.05) is 28.4 Å². The summed E-state index contributed by atoms with van der Waals surface area (Å²) >= 11 is 0. The SMILES string of the molecule is CCC(C)[Si](C)(OC)OC.CCC(C)[Si](OC)(OC)C(C)C. The molecule has 136 valence electrons. The molecule has 0 amide bonds. The Hall–Kier alpha value is 0.274. The zero-order valence-electron chi connectivity index (χ0n) is 16.8. The van der Waals surface area contributed by atoms with E-state index >= 15 is 0 Å². The summed E-state index contributed by atoms with van der Waals surface area (Å²) in [6.45, 7) is 15.2. The minimum Gasteiger partial charge on any atom is -0.398 e. The van der Waals surface area contributed by atoms with E-state index in [-0.39, 0.29) is 0 Å². The summed E-state index contributed by atoms with van der Waals surface area (Å²) in [7, 11) is 3.31. The van der Waals surface area contributed by atoms with E-state index in [0.29, 0.717) is 16.6 Å². The highest BCUT2D eigenvalue weighted by Crippen LogP contribution is 2.35. The molecule has 4 nitrogen and oxygen atoms in total. The van der Waals surface area contributed by atoms with Gasteiger partial charge in [-0.25, -0.2) is 0 Å². The first kappa shape index (κ1) is 24.5. The Morgan fingerprint density at radius 2 is 1.05 bits per heavy atom. The van der Waals surface area contributed by atoms with Crippen LogP contribution in [0.5, 0.6) is 0 Å². The molecular weight excluding hydrogens is 312 g/mol. The van der Waals surface area contributed by atoms with E-state index in [1.807, 2.05) is 0 Å². The molecule has 0 N–H and O–H groups in total. The maximum absolute atomic E-state index is 5.62. The Bertz CT molecular complexity index is 267. The van der Waals surface area contributed by atoms with Crippen LogP contribution in [0.3, 0.4) is 0 Å². The van der Waals surface area contributed by atoms with Crippen LogP contribution in [0.15, 0.2) is 0 Å². The van der Waals surface area contributed by atoms with Crippen LogP contribution in [-0.4, -0.2) is 45.6 Å². The van der Waals surface area contributed by atoms with Crippen molar-refractivity contribution in [1.82, 2.24) is 0 Å². The standard InChI is InChI=1S/C9H22O2Si.C7H18O2Si/c1-7-9(4)12(10-5,11-6)8(2)3;1-6-7(2)10(5,8-3)9-4/h8-9H,7H2,1-6H3;7H,6H2,1-5H3. The van der Waals surface area contributed by atoms with E-state index in [4.69, 9.17) is 17.7 Å². The van der Waals surface area contributed by atoms with Gasteiger partial charge in [0.15, 0.2) is 0 Å². The van der Waals surface area contributed by atoms with Gasteiger partial charge >= 0.3 is 17.1 Å². The number of rotatable bonds is 9. The van der Waals surface area contributed by atoms with E-state index in [1.165, 1.54) is 0 Å². The monoisotopic (exact) mass is 352 g/mol. The number of hydrogen-bond donors (Lipinski definition) is 0. The highest BCUT2D eigenvalue weighted by molar-refractivity contribution is 6.70. The fourth-order valence-corrected chi connectivity index (χ4v) is 8.00. The maximum atomic E-state index is 5.62. The Kier molecular flexibility index (Phi) is 13.1. The molecule has 22 heavy (non-hydrogen) atoms. The van der Waals surface area contributed by atoms with Gasteiger partial charge in [-0.15, -0.1) is 0 Å². The smallest absolute Gasteiger partial charge is 0.343 e. The lowest BCUT2D eigenvalue weighted by atomic mass is 10.4. The van der Waals surface area contributed by atoms with Gasteiger partial charge in [-0.3, -0.25) is 0 Å². The van der Waals surface area contributed by atoms with Gasteiger partial charge in [0.1, 0.15) is 0 Å². The summed E-state index contributed by atoms with van der Waals surface area (Å²) < 4.78 is 21.9. The summed E-state index contributed by atoms with van der Waals surface area (Å²) in [5, 5.41) is 0. The lowest BCUT2D eigenvalue weighted by molar-refractivity contribution is 0.220. The molecule has 0 radical (unpaired) electrons. The second kappa shape index (κ2) is 11.8. The summed E-state index contributed by atoms with van der Waals surface area (Å²) in [6.07, 6.45) is 2.26. The minimum atomic E-state index is -1.92. The van der Waals surface area contributed by atoms with Crippen LogP contribution < -0.4 is 0 Å². The fraction of sp³-hybridized carbons (Fsp3) is 1.00. The lowest BCUT2D eigenvalue weighted by Crippen LogP contribution is -2.46. The summed E-state index contributed by atoms with van der Waals surface area (Å²) in [4.78, 5) is 0. The van der Waals surface area contributed by atoms with Crippen LogP contribution in [-0.2, 0) is 17.7 Å². The van der Waals surface area contributed by atoms with E-state index in [1.54, 1.807) is 28.4 Å². The van der Waals surface area contributed by atoms with Crippen molar-refractivity contribution in [2.24, 2.45) is 0 Å². The molecule has 0 fully saturated rings. The molecule has 0 aliphatic heterocycles. The molecule has 0 rings (SSSR count). The molecule has 2 atom stereocenters.